The molecule has 24 heavy (non-hydrogen) atoms. The van der Waals surface area contributed by atoms with Gasteiger partial charge in [0.25, 0.3) is 5.91 Å². The van der Waals surface area contributed by atoms with Gasteiger partial charge in [-0.15, -0.1) is 0 Å². The van der Waals surface area contributed by atoms with Crippen LogP contribution >= 0.6 is 0 Å². The number of nitrogens with one attached hydrogen (secondary N) is 2. The lowest BCUT2D eigenvalue weighted by Gasteiger charge is -2.37. The van der Waals surface area contributed by atoms with Crippen LogP contribution in [0.4, 0.5) is 10.1 Å². The zero-order chi connectivity index (χ0) is 17.5. The molecule has 0 atom stereocenters. The van der Waals surface area contributed by atoms with Crippen molar-refractivity contribution in [3.05, 3.63) is 47.0 Å². The number of benzene rings is 1. The first-order valence-corrected chi connectivity index (χ1v) is 7.67. The molecule has 2 aromatic rings. The van der Waals surface area contributed by atoms with Gasteiger partial charge in [-0.25, -0.2) is 4.39 Å². The molecule has 0 fully saturated rings. The molecular weight excluding hydrogens is 311 g/mol. The minimum absolute atomic E-state index is 0.00798. The van der Waals surface area contributed by atoms with Crippen molar-refractivity contribution in [2.45, 2.75) is 32.7 Å². The van der Waals surface area contributed by atoms with Gasteiger partial charge in [0.2, 0.25) is 5.91 Å². The zero-order valence-electron chi connectivity index (χ0n) is 13.8. The fraction of sp³-hybridized carbons (Fsp3) is 0.353. The normalized spacial score (nSPS) is 15.8. The SMILES string of the molecule is CC(=O)Nc1cc(C(=O)N2Cc3cn[nH]c3C(C)(C)C2)ccc1F. The van der Waals surface area contributed by atoms with Crippen molar-refractivity contribution >= 4 is 17.5 Å². The van der Waals surface area contributed by atoms with Crippen LogP contribution in [-0.4, -0.2) is 33.5 Å². The number of fused-ring (bicyclic) bond motifs is 1. The number of hydrogen-bond donors (Lipinski definition) is 2. The molecule has 0 aliphatic carbocycles. The molecule has 3 rings (SSSR count). The summed E-state index contributed by atoms with van der Waals surface area (Å²) in [5, 5.41) is 9.46. The molecule has 7 heteroatoms. The molecule has 0 saturated heterocycles. The monoisotopic (exact) mass is 330 g/mol. The van der Waals surface area contributed by atoms with Crippen LogP contribution in [-0.2, 0) is 16.8 Å². The third-order valence-electron chi connectivity index (χ3n) is 4.15. The van der Waals surface area contributed by atoms with Crippen LogP contribution in [0, 0.1) is 5.82 Å². The van der Waals surface area contributed by atoms with E-state index in [1.54, 1.807) is 11.1 Å². The maximum absolute atomic E-state index is 13.8. The van der Waals surface area contributed by atoms with Crippen molar-refractivity contribution in [1.29, 1.82) is 0 Å². The Balaban J connectivity index is 1.89. The van der Waals surface area contributed by atoms with Crippen LogP contribution in [0.3, 0.4) is 0 Å². The third-order valence-corrected chi connectivity index (χ3v) is 4.15. The lowest BCUT2D eigenvalue weighted by molar-refractivity contribution is -0.114. The summed E-state index contributed by atoms with van der Waals surface area (Å²) in [5.74, 6) is -1.17. The van der Waals surface area contributed by atoms with Gasteiger partial charge in [-0.3, -0.25) is 14.7 Å². The number of H-pyrrole nitrogens is 1. The lowest BCUT2D eigenvalue weighted by Crippen LogP contribution is -2.45. The van der Waals surface area contributed by atoms with E-state index in [0.717, 1.165) is 11.3 Å². The standard InChI is InChI=1S/C17H19FN4O2/c1-10(23)20-14-6-11(4-5-13(14)18)16(24)22-8-12-7-19-21-15(12)17(2,3)9-22/h4-7H,8-9H2,1-3H3,(H,19,21)(H,20,23). The third kappa shape index (κ3) is 2.89. The topological polar surface area (TPSA) is 78.1 Å². The summed E-state index contributed by atoms with van der Waals surface area (Å²) in [7, 11) is 0. The van der Waals surface area contributed by atoms with Gasteiger partial charge in [0.15, 0.2) is 0 Å². The molecule has 1 aliphatic rings. The number of carbonyl (C=O) groups is 2. The highest BCUT2D eigenvalue weighted by Gasteiger charge is 2.35. The highest BCUT2D eigenvalue weighted by atomic mass is 19.1. The Kier molecular flexibility index (Phi) is 3.87. The molecule has 126 valence electrons. The van der Waals surface area contributed by atoms with Crippen molar-refractivity contribution in [3.8, 4) is 0 Å². The largest absolute Gasteiger partial charge is 0.333 e. The van der Waals surface area contributed by atoms with E-state index in [9.17, 15) is 14.0 Å². The van der Waals surface area contributed by atoms with Gasteiger partial charge in [0, 0.05) is 42.2 Å². The van der Waals surface area contributed by atoms with Crippen molar-refractivity contribution in [2.75, 3.05) is 11.9 Å². The fourth-order valence-electron chi connectivity index (χ4n) is 3.10. The summed E-state index contributed by atoms with van der Waals surface area (Å²) in [6.07, 6.45) is 1.73. The lowest BCUT2D eigenvalue weighted by atomic mass is 9.83. The molecule has 1 aliphatic heterocycles. The van der Waals surface area contributed by atoms with Gasteiger partial charge >= 0.3 is 0 Å². The van der Waals surface area contributed by atoms with E-state index in [4.69, 9.17) is 0 Å². The van der Waals surface area contributed by atoms with E-state index < -0.39 is 5.82 Å². The number of aromatic amines is 1. The molecular formula is C17H19FN4O2. The minimum atomic E-state index is -0.571. The van der Waals surface area contributed by atoms with Crippen LogP contribution in [0.5, 0.6) is 0 Å². The summed E-state index contributed by atoms with van der Waals surface area (Å²) in [6, 6.07) is 3.99. The van der Waals surface area contributed by atoms with E-state index in [-0.39, 0.29) is 22.9 Å². The Bertz CT molecular complexity index is 813. The van der Waals surface area contributed by atoms with Gasteiger partial charge in [0.1, 0.15) is 5.82 Å². The summed E-state index contributed by atoms with van der Waals surface area (Å²) < 4.78 is 13.8. The second-order valence-corrected chi connectivity index (χ2v) is 6.69. The summed E-state index contributed by atoms with van der Waals surface area (Å²) in [4.78, 5) is 25.7. The number of rotatable bonds is 2. The van der Waals surface area contributed by atoms with Crippen molar-refractivity contribution < 1.29 is 14.0 Å². The average molecular weight is 330 g/mol. The van der Waals surface area contributed by atoms with Gasteiger partial charge in [-0.1, -0.05) is 13.8 Å². The number of amides is 2. The second-order valence-electron chi connectivity index (χ2n) is 6.69. The second kappa shape index (κ2) is 5.74. The Labute approximate surface area is 139 Å². The van der Waals surface area contributed by atoms with E-state index in [1.807, 2.05) is 13.8 Å². The Hall–Kier alpha value is -2.70. The van der Waals surface area contributed by atoms with Crippen molar-refractivity contribution in [3.63, 3.8) is 0 Å². The predicted octanol–water partition coefficient (Wildman–Crippen LogP) is 2.44. The fourth-order valence-corrected chi connectivity index (χ4v) is 3.10. The maximum atomic E-state index is 13.8. The van der Waals surface area contributed by atoms with Crippen molar-refractivity contribution in [2.24, 2.45) is 0 Å². The first kappa shape index (κ1) is 16.2. The van der Waals surface area contributed by atoms with Crippen LogP contribution < -0.4 is 5.32 Å². The van der Waals surface area contributed by atoms with E-state index in [0.29, 0.717) is 18.7 Å². The Morgan fingerprint density at radius 3 is 2.83 bits per heavy atom. The number of hydrogen-bond acceptors (Lipinski definition) is 3. The molecule has 1 aromatic carbocycles. The zero-order valence-corrected chi connectivity index (χ0v) is 13.8. The molecule has 0 spiro atoms. The minimum Gasteiger partial charge on any atom is -0.333 e. The molecule has 0 bridgehead atoms. The molecule has 0 saturated carbocycles. The number of anilines is 1. The molecule has 1 aromatic heterocycles. The van der Waals surface area contributed by atoms with Crippen LogP contribution in [0.25, 0.3) is 0 Å². The molecule has 2 N–H and O–H groups in total. The highest BCUT2D eigenvalue weighted by molar-refractivity contribution is 5.97. The van der Waals surface area contributed by atoms with Gasteiger partial charge in [-0.05, 0) is 18.2 Å². The molecule has 2 heterocycles. The Morgan fingerprint density at radius 1 is 1.38 bits per heavy atom. The molecule has 0 radical (unpaired) electrons. The molecule has 2 amide bonds. The molecule has 0 unspecified atom stereocenters. The van der Waals surface area contributed by atoms with Gasteiger partial charge in [-0.2, -0.15) is 5.10 Å². The maximum Gasteiger partial charge on any atom is 0.254 e. The first-order valence-electron chi connectivity index (χ1n) is 7.67. The molecule has 6 nitrogen and oxygen atoms in total. The van der Waals surface area contributed by atoms with Crippen LogP contribution in [0.2, 0.25) is 0 Å². The quantitative estimate of drug-likeness (QED) is 0.888. The summed E-state index contributed by atoms with van der Waals surface area (Å²) in [5.41, 5.74) is 2.10. The van der Waals surface area contributed by atoms with Crippen LogP contribution in [0.1, 0.15) is 42.4 Å². The highest BCUT2D eigenvalue weighted by Crippen LogP contribution is 2.32. The van der Waals surface area contributed by atoms with Gasteiger partial charge < -0.3 is 10.2 Å². The van der Waals surface area contributed by atoms with E-state index in [1.165, 1.54) is 25.1 Å². The summed E-state index contributed by atoms with van der Waals surface area (Å²) in [6.45, 7) is 6.34. The van der Waals surface area contributed by atoms with E-state index in [2.05, 4.69) is 15.5 Å². The smallest absolute Gasteiger partial charge is 0.254 e. The van der Waals surface area contributed by atoms with E-state index >= 15 is 0 Å². The number of carbonyl (C=O) groups excluding carboxylic acids is 2. The summed E-state index contributed by atoms with van der Waals surface area (Å²) >= 11 is 0. The average Bonchev–Trinajstić information content (AvgIpc) is 2.97. The number of nitrogens with zero attached hydrogens (tertiary/aromatic N) is 2. The van der Waals surface area contributed by atoms with Crippen molar-refractivity contribution in [1.82, 2.24) is 15.1 Å². The number of aromatic nitrogens is 2. The Morgan fingerprint density at radius 2 is 2.12 bits per heavy atom. The predicted molar refractivity (Wildman–Crippen MR) is 87.1 cm³/mol. The number of halogens is 1. The van der Waals surface area contributed by atoms with Crippen LogP contribution in [0.15, 0.2) is 24.4 Å². The van der Waals surface area contributed by atoms with Gasteiger partial charge in [0.05, 0.1) is 11.9 Å². The first-order chi connectivity index (χ1) is 11.3.